The molecule has 1 atom stereocenters. The van der Waals surface area contributed by atoms with Crippen LogP contribution in [-0.2, 0) is 12.0 Å². The van der Waals surface area contributed by atoms with Crippen LogP contribution in [0.2, 0.25) is 0 Å². The van der Waals surface area contributed by atoms with Gasteiger partial charge >= 0.3 is 0 Å². The van der Waals surface area contributed by atoms with E-state index in [1.54, 1.807) is 43.8 Å². The van der Waals surface area contributed by atoms with Gasteiger partial charge in [-0.3, -0.25) is 9.97 Å². The van der Waals surface area contributed by atoms with Crippen LogP contribution >= 0.6 is 0 Å². The summed E-state index contributed by atoms with van der Waals surface area (Å²) in [5.74, 6) is 0. The average molecular weight is 229 g/mol. The molecule has 0 radical (unpaired) electrons. The fraction of sp³-hybridized carbons (Fsp3) is 0.231. The molecule has 2 heterocycles. The first kappa shape index (κ1) is 11.5. The van der Waals surface area contributed by atoms with E-state index < -0.39 is 5.60 Å². The summed E-state index contributed by atoms with van der Waals surface area (Å²) < 4.78 is 0. The van der Waals surface area contributed by atoms with Crippen LogP contribution in [0.1, 0.15) is 18.1 Å². The van der Waals surface area contributed by atoms with E-state index in [-0.39, 0.29) is 0 Å². The molecule has 0 aromatic carbocycles. The van der Waals surface area contributed by atoms with Gasteiger partial charge in [-0.1, -0.05) is 6.07 Å². The Morgan fingerprint density at radius 1 is 1.24 bits per heavy atom. The Bertz CT molecular complexity index is 497. The highest BCUT2D eigenvalue weighted by molar-refractivity contribution is 5.45. The Morgan fingerprint density at radius 2 is 2.00 bits per heavy atom. The van der Waals surface area contributed by atoms with E-state index in [2.05, 4.69) is 9.97 Å². The number of anilines is 1. The zero-order valence-corrected chi connectivity index (χ0v) is 9.67. The van der Waals surface area contributed by atoms with Crippen LogP contribution in [-0.4, -0.2) is 15.1 Å². The highest BCUT2D eigenvalue weighted by Crippen LogP contribution is 2.26. The minimum Gasteiger partial charge on any atom is -0.398 e. The molecule has 4 nitrogen and oxygen atoms in total. The second-order valence-corrected chi connectivity index (χ2v) is 4.27. The molecule has 0 spiro atoms. The van der Waals surface area contributed by atoms with Gasteiger partial charge in [0.25, 0.3) is 0 Å². The van der Waals surface area contributed by atoms with Crippen LogP contribution in [0.4, 0.5) is 5.69 Å². The van der Waals surface area contributed by atoms with Crippen LogP contribution in [0, 0.1) is 0 Å². The molecule has 1 unspecified atom stereocenters. The SMILES string of the molecule is CC(O)(Cc1cnccc1N)c1cccnc1. The second kappa shape index (κ2) is 4.51. The van der Waals surface area contributed by atoms with Gasteiger partial charge in [0.2, 0.25) is 0 Å². The average Bonchev–Trinajstić information content (AvgIpc) is 2.33. The molecule has 0 aliphatic heterocycles. The van der Waals surface area contributed by atoms with Gasteiger partial charge in [-0.05, 0) is 24.6 Å². The van der Waals surface area contributed by atoms with Gasteiger partial charge in [0.1, 0.15) is 0 Å². The molecule has 3 N–H and O–H groups in total. The molecule has 0 saturated carbocycles. The number of aromatic nitrogens is 2. The predicted octanol–water partition coefficient (Wildman–Crippen LogP) is 1.51. The zero-order valence-electron chi connectivity index (χ0n) is 9.67. The maximum atomic E-state index is 10.4. The monoisotopic (exact) mass is 229 g/mol. The summed E-state index contributed by atoms with van der Waals surface area (Å²) in [7, 11) is 0. The van der Waals surface area contributed by atoms with Crippen molar-refractivity contribution in [2.75, 3.05) is 5.73 Å². The van der Waals surface area contributed by atoms with Gasteiger partial charge in [0, 0.05) is 42.5 Å². The first-order chi connectivity index (χ1) is 8.09. The molecule has 4 heteroatoms. The van der Waals surface area contributed by atoms with Crippen molar-refractivity contribution in [3.8, 4) is 0 Å². The van der Waals surface area contributed by atoms with Crippen molar-refractivity contribution in [3.63, 3.8) is 0 Å². The summed E-state index contributed by atoms with van der Waals surface area (Å²) in [5.41, 5.74) is 7.09. The van der Waals surface area contributed by atoms with Gasteiger partial charge in [0.05, 0.1) is 5.60 Å². The third kappa shape index (κ3) is 2.60. The predicted molar refractivity (Wildman–Crippen MR) is 66.2 cm³/mol. The lowest BCUT2D eigenvalue weighted by molar-refractivity contribution is 0.0573. The van der Waals surface area contributed by atoms with E-state index in [4.69, 9.17) is 5.73 Å². The molecule has 0 amide bonds. The highest BCUT2D eigenvalue weighted by atomic mass is 16.3. The van der Waals surface area contributed by atoms with Gasteiger partial charge in [-0.15, -0.1) is 0 Å². The number of pyridine rings is 2. The third-order valence-corrected chi connectivity index (χ3v) is 2.76. The molecule has 2 aromatic rings. The summed E-state index contributed by atoms with van der Waals surface area (Å²) in [6.07, 6.45) is 7.07. The van der Waals surface area contributed by atoms with Crippen molar-refractivity contribution >= 4 is 5.69 Å². The van der Waals surface area contributed by atoms with E-state index in [0.717, 1.165) is 11.1 Å². The number of hydrogen-bond donors (Lipinski definition) is 2. The fourth-order valence-corrected chi connectivity index (χ4v) is 1.74. The molecule has 17 heavy (non-hydrogen) atoms. The maximum Gasteiger partial charge on any atom is 0.0924 e. The number of rotatable bonds is 3. The molecule has 0 bridgehead atoms. The topological polar surface area (TPSA) is 72.0 Å². The van der Waals surface area contributed by atoms with E-state index in [1.807, 2.05) is 6.07 Å². The van der Waals surface area contributed by atoms with Gasteiger partial charge < -0.3 is 10.8 Å². The number of nitrogens with two attached hydrogens (primary N) is 1. The minimum atomic E-state index is -0.995. The molecule has 2 rings (SSSR count). The maximum absolute atomic E-state index is 10.4. The van der Waals surface area contributed by atoms with Crippen molar-refractivity contribution < 1.29 is 5.11 Å². The van der Waals surface area contributed by atoms with E-state index in [9.17, 15) is 5.11 Å². The van der Waals surface area contributed by atoms with Crippen LogP contribution in [0.15, 0.2) is 43.0 Å². The number of hydrogen-bond acceptors (Lipinski definition) is 4. The van der Waals surface area contributed by atoms with Crippen LogP contribution < -0.4 is 5.73 Å². The Morgan fingerprint density at radius 3 is 2.65 bits per heavy atom. The number of aliphatic hydroxyl groups is 1. The van der Waals surface area contributed by atoms with E-state index >= 15 is 0 Å². The molecular formula is C13H15N3O. The van der Waals surface area contributed by atoms with Crippen molar-refractivity contribution in [2.24, 2.45) is 0 Å². The summed E-state index contributed by atoms with van der Waals surface area (Å²) in [4.78, 5) is 8.02. The number of nitrogens with zero attached hydrogens (tertiary/aromatic N) is 2. The van der Waals surface area contributed by atoms with E-state index in [1.165, 1.54) is 0 Å². The second-order valence-electron chi connectivity index (χ2n) is 4.27. The Kier molecular flexibility index (Phi) is 3.06. The Labute approximate surface area is 100 Å². The highest BCUT2D eigenvalue weighted by Gasteiger charge is 2.24. The molecule has 0 fully saturated rings. The smallest absolute Gasteiger partial charge is 0.0924 e. The van der Waals surface area contributed by atoms with Crippen molar-refractivity contribution in [2.45, 2.75) is 18.9 Å². The summed E-state index contributed by atoms with van der Waals surface area (Å²) >= 11 is 0. The lowest BCUT2D eigenvalue weighted by atomic mass is 9.90. The van der Waals surface area contributed by atoms with Crippen molar-refractivity contribution in [3.05, 3.63) is 54.1 Å². The van der Waals surface area contributed by atoms with Crippen molar-refractivity contribution in [1.82, 2.24) is 9.97 Å². The zero-order chi connectivity index (χ0) is 12.3. The molecule has 0 saturated heterocycles. The molecule has 88 valence electrons. The first-order valence-electron chi connectivity index (χ1n) is 5.41. The number of nitrogen functional groups attached to an aromatic ring is 1. The lowest BCUT2D eigenvalue weighted by Gasteiger charge is -2.23. The molecular weight excluding hydrogens is 214 g/mol. The third-order valence-electron chi connectivity index (χ3n) is 2.76. The largest absolute Gasteiger partial charge is 0.398 e. The minimum absolute atomic E-state index is 0.415. The molecule has 0 aliphatic carbocycles. The Balaban J connectivity index is 2.27. The summed E-state index contributed by atoms with van der Waals surface area (Å²) in [6, 6.07) is 5.38. The quantitative estimate of drug-likeness (QED) is 0.836. The van der Waals surface area contributed by atoms with Crippen LogP contribution in [0.3, 0.4) is 0 Å². The van der Waals surface area contributed by atoms with Gasteiger partial charge in [-0.2, -0.15) is 0 Å². The summed E-state index contributed by atoms with van der Waals surface area (Å²) in [5, 5.41) is 10.4. The van der Waals surface area contributed by atoms with Crippen LogP contribution in [0.25, 0.3) is 0 Å². The first-order valence-corrected chi connectivity index (χ1v) is 5.41. The van der Waals surface area contributed by atoms with Crippen LogP contribution in [0.5, 0.6) is 0 Å². The standard InChI is InChI=1S/C13H15N3O/c1-13(17,11-3-2-5-15-9-11)7-10-8-16-6-4-12(10)14/h2-6,8-9,17H,7H2,1H3,(H2,14,16). The lowest BCUT2D eigenvalue weighted by Crippen LogP contribution is -2.25. The van der Waals surface area contributed by atoms with Gasteiger partial charge in [0.15, 0.2) is 0 Å². The van der Waals surface area contributed by atoms with Gasteiger partial charge in [-0.25, -0.2) is 0 Å². The van der Waals surface area contributed by atoms with E-state index in [0.29, 0.717) is 12.1 Å². The van der Waals surface area contributed by atoms with Crippen molar-refractivity contribution in [1.29, 1.82) is 0 Å². The summed E-state index contributed by atoms with van der Waals surface area (Å²) in [6.45, 7) is 1.75. The molecule has 2 aromatic heterocycles. The molecule has 0 aliphatic rings. The Hall–Kier alpha value is -1.94. The normalized spacial score (nSPS) is 14.2. The fourth-order valence-electron chi connectivity index (χ4n) is 1.74.